The van der Waals surface area contributed by atoms with Crippen molar-refractivity contribution in [1.82, 2.24) is 9.21 Å². The first kappa shape index (κ1) is 16.9. The molecule has 0 atom stereocenters. The third-order valence-electron chi connectivity index (χ3n) is 3.41. The lowest BCUT2D eigenvalue weighted by molar-refractivity contribution is 0.305. The molecular formula is C12H18Br2N2O2S2. The first-order valence-corrected chi connectivity index (χ1v) is 10.7. The van der Waals surface area contributed by atoms with E-state index in [1.807, 2.05) is 6.92 Å². The van der Waals surface area contributed by atoms with Gasteiger partial charge in [-0.05, 0) is 41.9 Å². The molecule has 1 aliphatic heterocycles. The predicted molar refractivity (Wildman–Crippen MR) is 90.4 cm³/mol. The van der Waals surface area contributed by atoms with Gasteiger partial charge in [0.05, 0.1) is 8.68 Å². The number of hydrogen-bond donors (Lipinski definition) is 0. The van der Waals surface area contributed by atoms with Crippen LogP contribution >= 0.6 is 43.2 Å². The Morgan fingerprint density at radius 1 is 1.30 bits per heavy atom. The first-order valence-electron chi connectivity index (χ1n) is 6.49. The molecule has 20 heavy (non-hydrogen) atoms. The van der Waals surface area contributed by atoms with E-state index in [2.05, 4.69) is 36.8 Å². The molecular weight excluding hydrogens is 428 g/mol. The second kappa shape index (κ2) is 7.19. The van der Waals surface area contributed by atoms with E-state index in [-0.39, 0.29) is 0 Å². The maximum atomic E-state index is 12.7. The van der Waals surface area contributed by atoms with Crippen molar-refractivity contribution in [2.45, 2.75) is 18.2 Å². The SMILES string of the molecule is Cc1sc(Br)cc1S(=O)(=O)N1CCCN(CCBr)CC1. The highest BCUT2D eigenvalue weighted by atomic mass is 79.9. The van der Waals surface area contributed by atoms with Crippen LogP contribution in [0.5, 0.6) is 0 Å². The molecule has 2 heterocycles. The molecule has 1 aromatic rings. The Morgan fingerprint density at radius 3 is 2.65 bits per heavy atom. The standard InChI is InChI=1S/C12H18Br2N2O2S2/c1-10-11(9-12(14)19-10)20(17,18)16-5-2-4-15(6-3-13)7-8-16/h9H,2-8H2,1H3. The number of sulfonamides is 1. The second-order valence-electron chi connectivity index (χ2n) is 4.76. The molecule has 0 saturated carbocycles. The van der Waals surface area contributed by atoms with E-state index < -0.39 is 10.0 Å². The van der Waals surface area contributed by atoms with Crippen LogP contribution in [0.4, 0.5) is 0 Å². The van der Waals surface area contributed by atoms with Crippen LogP contribution in [0.15, 0.2) is 14.7 Å². The highest BCUT2D eigenvalue weighted by Crippen LogP contribution is 2.31. The molecule has 0 radical (unpaired) electrons. The first-order chi connectivity index (χ1) is 9.45. The van der Waals surface area contributed by atoms with Crippen LogP contribution in [0.1, 0.15) is 11.3 Å². The van der Waals surface area contributed by atoms with E-state index in [1.54, 1.807) is 10.4 Å². The zero-order valence-electron chi connectivity index (χ0n) is 11.3. The summed E-state index contributed by atoms with van der Waals surface area (Å²) in [5.74, 6) is 0. The van der Waals surface area contributed by atoms with Crippen molar-refractivity contribution >= 4 is 53.2 Å². The number of thiophene rings is 1. The summed E-state index contributed by atoms with van der Waals surface area (Å²) in [6.45, 7) is 5.77. The molecule has 0 amide bonds. The number of nitrogens with zero attached hydrogens (tertiary/aromatic N) is 2. The van der Waals surface area contributed by atoms with E-state index >= 15 is 0 Å². The van der Waals surface area contributed by atoms with Gasteiger partial charge in [0.2, 0.25) is 10.0 Å². The number of alkyl halides is 1. The zero-order valence-corrected chi connectivity index (χ0v) is 16.1. The zero-order chi connectivity index (χ0) is 14.8. The topological polar surface area (TPSA) is 40.6 Å². The Morgan fingerprint density at radius 2 is 2.05 bits per heavy atom. The summed E-state index contributed by atoms with van der Waals surface area (Å²) >= 11 is 8.27. The summed E-state index contributed by atoms with van der Waals surface area (Å²) in [6, 6.07) is 1.72. The normalized spacial score (nSPS) is 19.1. The van der Waals surface area contributed by atoms with Crippen molar-refractivity contribution < 1.29 is 8.42 Å². The van der Waals surface area contributed by atoms with Gasteiger partial charge in [-0.15, -0.1) is 11.3 Å². The molecule has 2 rings (SSSR count). The van der Waals surface area contributed by atoms with Crippen LogP contribution < -0.4 is 0 Å². The lowest BCUT2D eigenvalue weighted by Gasteiger charge is -2.21. The molecule has 1 fully saturated rings. The van der Waals surface area contributed by atoms with Crippen LogP contribution in [0.3, 0.4) is 0 Å². The number of rotatable bonds is 4. The van der Waals surface area contributed by atoms with Crippen LogP contribution in [0.2, 0.25) is 0 Å². The minimum atomic E-state index is -3.36. The summed E-state index contributed by atoms with van der Waals surface area (Å²) in [5.41, 5.74) is 0. The van der Waals surface area contributed by atoms with Crippen molar-refractivity contribution in [2.24, 2.45) is 0 Å². The third-order valence-corrected chi connectivity index (χ3v) is 7.47. The summed E-state index contributed by atoms with van der Waals surface area (Å²) in [7, 11) is -3.36. The smallest absolute Gasteiger partial charge is 0.244 e. The van der Waals surface area contributed by atoms with Crippen LogP contribution in [-0.4, -0.2) is 55.7 Å². The van der Waals surface area contributed by atoms with Crippen LogP contribution in [0.25, 0.3) is 0 Å². The van der Waals surface area contributed by atoms with Gasteiger partial charge in [-0.3, -0.25) is 0 Å². The summed E-state index contributed by atoms with van der Waals surface area (Å²) in [6.07, 6.45) is 0.886. The fourth-order valence-corrected chi connectivity index (χ4v) is 6.71. The van der Waals surface area contributed by atoms with Crippen molar-refractivity contribution in [2.75, 3.05) is 38.1 Å². The fourth-order valence-electron chi connectivity index (χ4n) is 2.36. The molecule has 8 heteroatoms. The Balaban J connectivity index is 2.16. The van der Waals surface area contributed by atoms with E-state index in [0.717, 1.165) is 40.0 Å². The van der Waals surface area contributed by atoms with Gasteiger partial charge in [0.1, 0.15) is 0 Å². The molecule has 4 nitrogen and oxygen atoms in total. The molecule has 0 spiro atoms. The Bertz CT molecular complexity index is 560. The predicted octanol–water partition coefficient (Wildman–Crippen LogP) is 2.91. The molecule has 0 N–H and O–H groups in total. The molecule has 1 saturated heterocycles. The summed E-state index contributed by atoms with van der Waals surface area (Å²) in [4.78, 5) is 3.60. The molecule has 1 aromatic heterocycles. The second-order valence-corrected chi connectivity index (χ2v) is 10.1. The Hall–Kier alpha value is 0.530. The Labute approximate surface area is 141 Å². The number of halogens is 2. The van der Waals surface area contributed by atoms with Gasteiger partial charge >= 0.3 is 0 Å². The highest BCUT2D eigenvalue weighted by molar-refractivity contribution is 9.11. The van der Waals surface area contributed by atoms with E-state index in [9.17, 15) is 8.42 Å². The average molecular weight is 446 g/mol. The fraction of sp³-hybridized carbons (Fsp3) is 0.667. The molecule has 114 valence electrons. The number of aryl methyl sites for hydroxylation is 1. The van der Waals surface area contributed by atoms with E-state index in [1.165, 1.54) is 11.3 Å². The Kier molecular flexibility index (Phi) is 6.08. The largest absolute Gasteiger partial charge is 0.301 e. The quantitative estimate of drug-likeness (QED) is 0.669. The molecule has 1 aliphatic rings. The van der Waals surface area contributed by atoms with Gasteiger partial charge in [-0.2, -0.15) is 4.31 Å². The molecule has 0 aromatic carbocycles. The highest BCUT2D eigenvalue weighted by Gasteiger charge is 2.29. The molecule has 0 bridgehead atoms. The number of hydrogen-bond acceptors (Lipinski definition) is 4. The average Bonchev–Trinajstić information content (AvgIpc) is 2.61. The molecule has 0 unspecified atom stereocenters. The van der Waals surface area contributed by atoms with Gasteiger partial charge in [0, 0.05) is 36.4 Å². The lowest BCUT2D eigenvalue weighted by atomic mass is 10.4. The summed E-state index contributed by atoms with van der Waals surface area (Å²) < 4.78 is 27.9. The van der Waals surface area contributed by atoms with Crippen molar-refractivity contribution in [1.29, 1.82) is 0 Å². The van der Waals surface area contributed by atoms with E-state index in [4.69, 9.17) is 0 Å². The van der Waals surface area contributed by atoms with Gasteiger partial charge in [-0.25, -0.2) is 8.42 Å². The third kappa shape index (κ3) is 3.84. The van der Waals surface area contributed by atoms with Crippen LogP contribution in [-0.2, 0) is 10.0 Å². The van der Waals surface area contributed by atoms with Gasteiger partial charge < -0.3 is 4.90 Å². The van der Waals surface area contributed by atoms with Crippen molar-refractivity contribution in [3.05, 3.63) is 14.7 Å². The van der Waals surface area contributed by atoms with Crippen molar-refractivity contribution in [3.63, 3.8) is 0 Å². The van der Waals surface area contributed by atoms with Gasteiger partial charge in [-0.1, -0.05) is 15.9 Å². The molecule has 0 aliphatic carbocycles. The monoisotopic (exact) mass is 444 g/mol. The van der Waals surface area contributed by atoms with E-state index in [0.29, 0.717) is 18.0 Å². The van der Waals surface area contributed by atoms with Gasteiger partial charge in [0.15, 0.2) is 0 Å². The summed E-state index contributed by atoms with van der Waals surface area (Å²) in [5, 5.41) is 0.927. The van der Waals surface area contributed by atoms with Gasteiger partial charge in [0.25, 0.3) is 0 Å². The maximum Gasteiger partial charge on any atom is 0.244 e. The van der Waals surface area contributed by atoms with Crippen LogP contribution in [0, 0.1) is 6.92 Å². The minimum absolute atomic E-state index is 0.448. The lowest BCUT2D eigenvalue weighted by Crippen LogP contribution is -2.35. The maximum absolute atomic E-state index is 12.7. The van der Waals surface area contributed by atoms with Crippen molar-refractivity contribution in [3.8, 4) is 0 Å². The minimum Gasteiger partial charge on any atom is -0.301 e.